The summed E-state index contributed by atoms with van der Waals surface area (Å²) in [6.45, 7) is 3.56. The Hall–Kier alpha value is -4.73. The van der Waals surface area contributed by atoms with Crippen molar-refractivity contribution in [2.75, 3.05) is 13.7 Å². The number of fused-ring (bicyclic) bond motifs is 2. The lowest BCUT2D eigenvalue weighted by Crippen LogP contribution is -2.35. The fourth-order valence-electron chi connectivity index (χ4n) is 5.25. The number of ether oxygens (including phenoxy) is 1. The maximum atomic E-state index is 13.9. The fraction of sp³-hybridized carbons (Fsp3) is 0.250. The summed E-state index contributed by atoms with van der Waals surface area (Å²) in [6.07, 6.45) is -3.92. The van der Waals surface area contributed by atoms with Crippen molar-refractivity contribution in [1.82, 2.24) is 9.47 Å². The number of pyridine rings is 1. The van der Waals surface area contributed by atoms with E-state index < -0.39 is 35.1 Å². The number of halogens is 3. The largest absolute Gasteiger partial charge is 0.468 e. The molecule has 0 saturated carbocycles. The second-order valence-corrected chi connectivity index (χ2v) is 9.79. The van der Waals surface area contributed by atoms with E-state index >= 15 is 0 Å². The van der Waals surface area contributed by atoms with Crippen LogP contribution >= 0.6 is 0 Å². The molecule has 5 rings (SSSR count). The minimum absolute atomic E-state index is 0.0306. The number of rotatable bonds is 5. The highest BCUT2D eigenvalue weighted by molar-refractivity contribution is 6.22. The summed E-state index contributed by atoms with van der Waals surface area (Å²) in [6, 6.07) is 18.2. The predicted molar refractivity (Wildman–Crippen MR) is 151 cm³/mol. The number of amides is 2. The maximum absolute atomic E-state index is 13.9. The zero-order chi connectivity index (χ0) is 30.8. The lowest BCUT2D eigenvalue weighted by molar-refractivity contribution is -0.141. The number of esters is 1. The Balaban J connectivity index is 0.000000216. The topological polar surface area (TPSA) is 85.7 Å². The normalized spacial score (nSPS) is 12.7. The van der Waals surface area contributed by atoms with Crippen molar-refractivity contribution in [3.05, 3.63) is 116 Å². The van der Waals surface area contributed by atoms with Crippen LogP contribution < -0.4 is 5.56 Å². The quantitative estimate of drug-likeness (QED) is 0.232. The highest BCUT2D eigenvalue weighted by Crippen LogP contribution is 2.37. The third kappa shape index (κ3) is 5.70. The van der Waals surface area contributed by atoms with Crippen molar-refractivity contribution < 1.29 is 32.3 Å². The number of methoxy groups -OCH3 is 1. The van der Waals surface area contributed by atoms with Crippen LogP contribution in [0.1, 0.15) is 55.5 Å². The van der Waals surface area contributed by atoms with E-state index in [1.165, 1.54) is 24.8 Å². The number of carbonyl (C=O) groups is 3. The molecule has 42 heavy (non-hydrogen) atoms. The molecule has 1 aromatic heterocycles. The standard InChI is InChI=1S/C21H20F3NO.C11H9NO4/c1-4-15-13(2)8-7-9-14(15)12-17-19(21(22,23)24)16-10-5-6-11-18(16)25(3)20(17)26;1-16-9(13)6-12-10(14)7-4-2-3-5-8(7)11(12)15/h5-11H,4,12H2,1-3H3;2-5H,6H2,1H3. The van der Waals surface area contributed by atoms with Crippen LogP contribution in [0.25, 0.3) is 10.9 Å². The van der Waals surface area contributed by atoms with E-state index in [-0.39, 0.29) is 29.4 Å². The molecule has 0 saturated heterocycles. The Morgan fingerprint density at radius 3 is 2.02 bits per heavy atom. The molecule has 218 valence electrons. The van der Waals surface area contributed by atoms with Gasteiger partial charge in [-0.25, -0.2) is 0 Å². The van der Waals surface area contributed by atoms with Crippen LogP contribution in [0.4, 0.5) is 13.2 Å². The van der Waals surface area contributed by atoms with Gasteiger partial charge in [-0.3, -0.25) is 24.1 Å². The van der Waals surface area contributed by atoms with Gasteiger partial charge in [0.1, 0.15) is 6.54 Å². The Morgan fingerprint density at radius 1 is 0.857 bits per heavy atom. The molecule has 4 aromatic rings. The maximum Gasteiger partial charge on any atom is 0.417 e. The molecule has 0 unspecified atom stereocenters. The van der Waals surface area contributed by atoms with E-state index in [9.17, 15) is 32.3 Å². The molecule has 0 spiro atoms. The third-order valence-electron chi connectivity index (χ3n) is 7.30. The number of aromatic nitrogens is 1. The summed E-state index contributed by atoms with van der Waals surface area (Å²) in [5, 5.41) is 0.0581. The number of hydrogen-bond donors (Lipinski definition) is 0. The molecule has 0 aliphatic carbocycles. The minimum atomic E-state index is -4.60. The van der Waals surface area contributed by atoms with Gasteiger partial charge in [0, 0.05) is 24.4 Å². The van der Waals surface area contributed by atoms with E-state index in [1.807, 2.05) is 26.0 Å². The van der Waals surface area contributed by atoms with Gasteiger partial charge in [-0.1, -0.05) is 55.5 Å². The summed E-state index contributed by atoms with van der Waals surface area (Å²) in [7, 11) is 2.73. The van der Waals surface area contributed by atoms with Crippen molar-refractivity contribution >= 4 is 28.7 Å². The van der Waals surface area contributed by atoms with Crippen LogP contribution in [0, 0.1) is 6.92 Å². The number of aryl methyl sites for hydroxylation is 2. The molecule has 0 atom stereocenters. The summed E-state index contributed by atoms with van der Waals surface area (Å²) >= 11 is 0. The van der Waals surface area contributed by atoms with Crippen LogP contribution in [0.15, 0.2) is 71.5 Å². The highest BCUT2D eigenvalue weighted by atomic mass is 19.4. The predicted octanol–water partition coefficient (Wildman–Crippen LogP) is 5.47. The molecule has 0 fully saturated rings. The van der Waals surface area contributed by atoms with E-state index in [2.05, 4.69) is 4.74 Å². The zero-order valence-electron chi connectivity index (χ0n) is 23.5. The monoisotopic (exact) mass is 578 g/mol. The van der Waals surface area contributed by atoms with Gasteiger partial charge in [0.15, 0.2) is 0 Å². The summed E-state index contributed by atoms with van der Waals surface area (Å²) in [5.74, 6) is -1.52. The first kappa shape index (κ1) is 30.2. The Kier molecular flexibility index (Phi) is 8.65. The molecule has 7 nitrogen and oxygen atoms in total. The van der Waals surface area contributed by atoms with Gasteiger partial charge < -0.3 is 9.30 Å². The van der Waals surface area contributed by atoms with Gasteiger partial charge in [-0.2, -0.15) is 13.2 Å². The number of alkyl halides is 3. The number of benzene rings is 3. The molecular formula is C32H29F3N2O5. The van der Waals surface area contributed by atoms with E-state index in [4.69, 9.17) is 0 Å². The van der Waals surface area contributed by atoms with Crippen molar-refractivity contribution in [2.24, 2.45) is 7.05 Å². The molecule has 1 aliphatic rings. The van der Waals surface area contributed by atoms with E-state index in [0.29, 0.717) is 17.5 Å². The Bertz CT molecular complexity index is 1720. The number of nitrogens with zero attached hydrogens (tertiary/aromatic N) is 2. The SMILES string of the molecule is CCc1c(C)cccc1Cc1c(C(F)(F)F)c2ccccc2n(C)c1=O.COC(=O)CN1C(=O)c2ccccc2C1=O. The molecule has 2 heterocycles. The molecule has 0 N–H and O–H groups in total. The van der Waals surface area contributed by atoms with Gasteiger partial charge in [0.2, 0.25) is 0 Å². The average Bonchev–Trinajstić information content (AvgIpc) is 3.20. The number of hydrogen-bond acceptors (Lipinski definition) is 5. The molecule has 10 heteroatoms. The lowest BCUT2D eigenvalue weighted by Gasteiger charge is -2.19. The average molecular weight is 579 g/mol. The zero-order valence-corrected chi connectivity index (χ0v) is 23.5. The fourth-order valence-corrected chi connectivity index (χ4v) is 5.25. The highest BCUT2D eigenvalue weighted by Gasteiger charge is 2.38. The first-order chi connectivity index (χ1) is 19.9. The second kappa shape index (κ2) is 12.0. The van der Waals surface area contributed by atoms with Gasteiger partial charge in [0.05, 0.1) is 29.3 Å². The van der Waals surface area contributed by atoms with Crippen LogP contribution in [0.3, 0.4) is 0 Å². The minimum Gasteiger partial charge on any atom is -0.468 e. The van der Waals surface area contributed by atoms with Crippen molar-refractivity contribution in [3.63, 3.8) is 0 Å². The van der Waals surface area contributed by atoms with Gasteiger partial charge >= 0.3 is 12.1 Å². The summed E-state index contributed by atoms with van der Waals surface area (Å²) in [4.78, 5) is 48.2. The van der Waals surface area contributed by atoms with Crippen molar-refractivity contribution in [2.45, 2.75) is 32.9 Å². The van der Waals surface area contributed by atoms with E-state index in [0.717, 1.165) is 21.6 Å². The number of imide groups is 1. The smallest absolute Gasteiger partial charge is 0.417 e. The van der Waals surface area contributed by atoms with Crippen LogP contribution in [-0.2, 0) is 35.6 Å². The first-order valence-electron chi connectivity index (χ1n) is 13.2. The van der Waals surface area contributed by atoms with Crippen LogP contribution in [0.2, 0.25) is 0 Å². The van der Waals surface area contributed by atoms with Crippen molar-refractivity contribution in [1.29, 1.82) is 0 Å². The third-order valence-corrected chi connectivity index (χ3v) is 7.30. The summed E-state index contributed by atoms with van der Waals surface area (Å²) < 4.78 is 47.4. The number of carbonyl (C=O) groups excluding carboxylic acids is 3. The molecule has 3 aromatic carbocycles. The van der Waals surface area contributed by atoms with Gasteiger partial charge in [-0.15, -0.1) is 0 Å². The summed E-state index contributed by atoms with van der Waals surface area (Å²) in [5.41, 5.74) is 2.12. The van der Waals surface area contributed by atoms with Gasteiger partial charge in [-0.05, 0) is 48.2 Å². The molecular weight excluding hydrogens is 549 g/mol. The Labute approximate surface area is 240 Å². The molecule has 2 amide bonds. The van der Waals surface area contributed by atoms with Crippen LogP contribution in [-0.4, -0.2) is 40.9 Å². The number of para-hydroxylation sites is 1. The Morgan fingerprint density at radius 2 is 1.45 bits per heavy atom. The van der Waals surface area contributed by atoms with Crippen LogP contribution in [0.5, 0.6) is 0 Å². The van der Waals surface area contributed by atoms with E-state index in [1.54, 1.807) is 48.5 Å². The second-order valence-electron chi connectivity index (χ2n) is 9.79. The molecule has 0 radical (unpaired) electrons. The lowest BCUT2D eigenvalue weighted by atomic mass is 9.92. The first-order valence-corrected chi connectivity index (χ1v) is 13.2. The van der Waals surface area contributed by atoms with Crippen molar-refractivity contribution in [3.8, 4) is 0 Å². The molecule has 1 aliphatic heterocycles. The van der Waals surface area contributed by atoms with Gasteiger partial charge in [0.25, 0.3) is 17.4 Å². The molecule has 0 bridgehead atoms.